The van der Waals surface area contributed by atoms with Gasteiger partial charge in [0, 0.05) is 6.42 Å². The van der Waals surface area contributed by atoms with Crippen molar-refractivity contribution in [2.24, 2.45) is 5.92 Å². The summed E-state index contributed by atoms with van der Waals surface area (Å²) in [6, 6.07) is 0. The summed E-state index contributed by atoms with van der Waals surface area (Å²) < 4.78 is 5.76. The Morgan fingerprint density at radius 1 is 1.62 bits per heavy atom. The number of methoxy groups -OCH3 is 1. The zero-order valence-electron chi connectivity index (χ0n) is 7.96. The van der Waals surface area contributed by atoms with E-state index in [0.29, 0.717) is 10.4 Å². The second-order valence-corrected chi connectivity index (χ2v) is 4.92. The molecule has 4 heteroatoms. The number of hydrogen-bond acceptors (Lipinski definition) is 3. The first kappa shape index (κ1) is 11.1. The van der Waals surface area contributed by atoms with E-state index in [1.165, 1.54) is 0 Å². The van der Waals surface area contributed by atoms with E-state index in [2.05, 4.69) is 22.9 Å². The van der Waals surface area contributed by atoms with Crippen molar-refractivity contribution in [1.29, 1.82) is 0 Å². The Bertz CT molecular complexity index is 250. The summed E-state index contributed by atoms with van der Waals surface area (Å²) in [7, 11) is 1.61. The Morgan fingerprint density at radius 3 is 2.69 bits per heavy atom. The molecule has 0 radical (unpaired) electrons. The fourth-order valence-electron chi connectivity index (χ4n) is 1.52. The fraction of sp³-hybridized carbons (Fsp3) is 0.667. The lowest BCUT2D eigenvalue weighted by molar-refractivity contribution is -0.115. The molecule has 0 amide bonds. The first-order valence-corrected chi connectivity index (χ1v) is 6.19. The molecule has 0 aromatic rings. The maximum Gasteiger partial charge on any atom is 0.186 e. The van der Waals surface area contributed by atoms with Gasteiger partial charge in [0.25, 0.3) is 0 Å². The van der Waals surface area contributed by atoms with Crippen molar-refractivity contribution in [3.8, 4) is 0 Å². The Kier molecular flexibility index (Phi) is 3.86. The molecular formula is C9H13BrO2S. The largest absolute Gasteiger partial charge is 0.500 e. The minimum Gasteiger partial charge on any atom is -0.500 e. The van der Waals surface area contributed by atoms with Gasteiger partial charge in [-0.25, -0.2) is 0 Å². The van der Waals surface area contributed by atoms with Crippen LogP contribution in [-0.2, 0) is 9.53 Å². The molecule has 0 bridgehead atoms. The van der Waals surface area contributed by atoms with Crippen LogP contribution in [0.25, 0.3) is 0 Å². The van der Waals surface area contributed by atoms with Crippen molar-refractivity contribution in [1.82, 2.24) is 0 Å². The van der Waals surface area contributed by atoms with Crippen molar-refractivity contribution < 1.29 is 9.53 Å². The van der Waals surface area contributed by atoms with Gasteiger partial charge in [-0.05, 0) is 28.1 Å². The minimum absolute atomic E-state index is 0.0771. The molecule has 1 rings (SSSR count). The molecule has 74 valence electrons. The van der Waals surface area contributed by atoms with Gasteiger partial charge >= 0.3 is 0 Å². The summed E-state index contributed by atoms with van der Waals surface area (Å²) >= 11 is 4.89. The van der Waals surface area contributed by atoms with Gasteiger partial charge in [0.15, 0.2) is 5.78 Å². The van der Waals surface area contributed by atoms with Gasteiger partial charge in [-0.15, -0.1) is 0 Å². The summed E-state index contributed by atoms with van der Waals surface area (Å²) in [5, 5.41) is 0.0771. The van der Waals surface area contributed by atoms with E-state index in [9.17, 15) is 4.79 Å². The quantitative estimate of drug-likeness (QED) is 0.767. The normalized spacial score (nSPS) is 29.4. The van der Waals surface area contributed by atoms with E-state index in [0.717, 1.165) is 12.2 Å². The molecule has 0 saturated carbocycles. The Balaban J connectivity index is 2.94. The van der Waals surface area contributed by atoms with Crippen LogP contribution in [0.1, 0.15) is 13.3 Å². The molecule has 0 spiro atoms. The molecule has 0 saturated heterocycles. The molecule has 0 aromatic carbocycles. The summed E-state index contributed by atoms with van der Waals surface area (Å²) in [5.74, 6) is 1.30. The fourth-order valence-corrected chi connectivity index (χ4v) is 3.14. The molecular weight excluding hydrogens is 252 g/mol. The first-order chi connectivity index (χ1) is 6.11. The smallest absolute Gasteiger partial charge is 0.186 e. The molecule has 2 unspecified atom stereocenters. The van der Waals surface area contributed by atoms with Gasteiger partial charge in [-0.1, -0.05) is 6.92 Å². The highest BCUT2D eigenvalue weighted by Gasteiger charge is 2.33. The summed E-state index contributed by atoms with van der Waals surface area (Å²) in [4.78, 5) is 11.7. The highest BCUT2D eigenvalue weighted by Crippen LogP contribution is 2.35. The molecule has 0 N–H and O–H groups in total. The van der Waals surface area contributed by atoms with Gasteiger partial charge in [-0.2, -0.15) is 11.8 Å². The van der Waals surface area contributed by atoms with Crippen LogP contribution >= 0.6 is 27.7 Å². The molecule has 13 heavy (non-hydrogen) atoms. The maximum atomic E-state index is 11.7. The van der Waals surface area contributed by atoms with Crippen LogP contribution < -0.4 is 0 Å². The van der Waals surface area contributed by atoms with E-state index in [4.69, 9.17) is 4.74 Å². The Morgan fingerprint density at radius 2 is 2.23 bits per heavy atom. The lowest BCUT2D eigenvalue weighted by Crippen LogP contribution is -2.30. The summed E-state index contributed by atoms with van der Waals surface area (Å²) in [6.07, 6.45) is 2.81. The lowest BCUT2D eigenvalue weighted by Gasteiger charge is -2.27. The molecule has 0 fully saturated rings. The third-order valence-electron chi connectivity index (χ3n) is 2.24. The van der Waals surface area contributed by atoms with Crippen molar-refractivity contribution in [3.63, 3.8) is 0 Å². The van der Waals surface area contributed by atoms with E-state index < -0.39 is 0 Å². The number of Topliss-reactive ketones (excluding diaryl/α,β-unsaturated/α-hetero) is 1. The predicted molar refractivity (Wildman–Crippen MR) is 59.1 cm³/mol. The average molecular weight is 265 g/mol. The van der Waals surface area contributed by atoms with Crippen LogP contribution in [-0.4, -0.2) is 24.4 Å². The van der Waals surface area contributed by atoms with Gasteiger partial charge in [0.1, 0.15) is 5.76 Å². The topological polar surface area (TPSA) is 26.3 Å². The Hall–Kier alpha value is 0.0400. The number of carbonyl (C=O) groups excluding carboxylic acids is 1. The first-order valence-electron chi connectivity index (χ1n) is 4.11. The number of rotatable bonds is 2. The van der Waals surface area contributed by atoms with Crippen LogP contribution in [0.3, 0.4) is 0 Å². The zero-order chi connectivity index (χ0) is 10.0. The molecule has 0 aliphatic heterocycles. The van der Waals surface area contributed by atoms with Gasteiger partial charge < -0.3 is 4.74 Å². The highest BCUT2D eigenvalue weighted by molar-refractivity contribution is 9.12. The zero-order valence-corrected chi connectivity index (χ0v) is 10.4. The summed E-state index contributed by atoms with van der Waals surface area (Å²) in [5.41, 5.74) is 0. The number of carbonyl (C=O) groups is 1. The van der Waals surface area contributed by atoms with E-state index in [-0.39, 0.29) is 11.0 Å². The van der Waals surface area contributed by atoms with Crippen LogP contribution in [0.2, 0.25) is 0 Å². The summed E-state index contributed by atoms with van der Waals surface area (Å²) in [6.45, 7) is 2.08. The lowest BCUT2D eigenvalue weighted by atomic mass is 9.93. The van der Waals surface area contributed by atoms with E-state index in [1.54, 1.807) is 18.9 Å². The molecule has 0 heterocycles. The maximum absolute atomic E-state index is 11.7. The van der Waals surface area contributed by atoms with E-state index in [1.807, 2.05) is 6.26 Å². The number of ketones is 1. The molecule has 1 aliphatic carbocycles. The van der Waals surface area contributed by atoms with Crippen molar-refractivity contribution in [2.75, 3.05) is 13.4 Å². The number of allylic oxidation sites excluding steroid dienone is 2. The number of thioether (sulfide) groups is 1. The molecule has 1 aliphatic rings. The van der Waals surface area contributed by atoms with Gasteiger partial charge in [-0.3, -0.25) is 4.79 Å². The SMILES string of the molecule is COC1=C(Br)C(=O)C(SC)C(C)C1. The van der Waals surface area contributed by atoms with Crippen LogP contribution in [0.4, 0.5) is 0 Å². The average Bonchev–Trinajstić information content (AvgIpc) is 2.12. The second-order valence-electron chi connectivity index (χ2n) is 3.14. The monoisotopic (exact) mass is 264 g/mol. The number of halogens is 1. The van der Waals surface area contributed by atoms with Gasteiger partial charge in [0.05, 0.1) is 16.8 Å². The third kappa shape index (κ3) is 2.10. The highest BCUT2D eigenvalue weighted by atomic mass is 79.9. The van der Waals surface area contributed by atoms with Crippen LogP contribution in [0, 0.1) is 5.92 Å². The molecule has 2 nitrogen and oxygen atoms in total. The molecule has 0 aromatic heterocycles. The standard InChI is InChI=1S/C9H13BrO2S/c1-5-4-6(12-2)7(10)8(11)9(5)13-3/h5,9H,4H2,1-3H3. The number of hydrogen-bond donors (Lipinski definition) is 0. The minimum atomic E-state index is 0.0771. The van der Waals surface area contributed by atoms with Gasteiger partial charge in [0.2, 0.25) is 0 Å². The second kappa shape index (κ2) is 4.51. The number of ether oxygens (including phenoxy) is 1. The Labute approximate surface area is 91.2 Å². The van der Waals surface area contributed by atoms with Crippen LogP contribution in [0.5, 0.6) is 0 Å². The van der Waals surface area contributed by atoms with Crippen molar-refractivity contribution in [3.05, 3.63) is 10.2 Å². The van der Waals surface area contributed by atoms with Crippen LogP contribution in [0.15, 0.2) is 10.2 Å². The third-order valence-corrected chi connectivity index (χ3v) is 4.26. The van der Waals surface area contributed by atoms with Crippen molar-refractivity contribution >= 4 is 33.5 Å². The molecule has 2 atom stereocenters. The van der Waals surface area contributed by atoms with Crippen molar-refractivity contribution in [2.45, 2.75) is 18.6 Å². The predicted octanol–water partition coefficient (Wildman–Crippen LogP) is 2.58. The van der Waals surface area contributed by atoms with E-state index >= 15 is 0 Å².